The zero-order chi connectivity index (χ0) is 28.1. The minimum Gasteiger partial charge on any atom is -0.465 e. The summed E-state index contributed by atoms with van der Waals surface area (Å²) in [6.45, 7) is 0.553. The summed E-state index contributed by atoms with van der Waals surface area (Å²) in [7, 11) is 1.27. The normalized spacial score (nSPS) is 15.5. The molecule has 206 valence electrons. The number of carbonyl (C=O) groups is 3. The van der Waals surface area contributed by atoms with Gasteiger partial charge in [-0.25, -0.2) is 13.9 Å². The van der Waals surface area contributed by atoms with Crippen LogP contribution in [0.3, 0.4) is 0 Å². The zero-order valence-corrected chi connectivity index (χ0v) is 21.8. The highest BCUT2D eigenvalue weighted by Crippen LogP contribution is 2.31. The van der Waals surface area contributed by atoms with Gasteiger partial charge in [0.25, 0.3) is 0 Å². The molecule has 40 heavy (non-hydrogen) atoms. The Hall–Kier alpha value is -4.64. The molecule has 4 aromatic rings. The third kappa shape index (κ3) is 5.69. The summed E-state index contributed by atoms with van der Waals surface area (Å²) in [5.74, 6) is -2.34. The Kier molecular flexibility index (Phi) is 8.11. The lowest BCUT2D eigenvalue weighted by molar-refractivity contribution is -0.127. The van der Waals surface area contributed by atoms with Gasteiger partial charge in [0, 0.05) is 13.2 Å². The fraction of sp³-hybridized carbons (Fsp3) is 0.276. The number of hydrogen-bond acceptors (Lipinski definition) is 7. The molecule has 1 fully saturated rings. The molecule has 2 unspecified atom stereocenters. The van der Waals surface area contributed by atoms with E-state index < -0.39 is 29.6 Å². The second-order valence-electron chi connectivity index (χ2n) is 9.35. The van der Waals surface area contributed by atoms with E-state index in [0.717, 1.165) is 17.7 Å². The highest BCUT2D eigenvalue weighted by molar-refractivity contribution is 6.01. The number of para-hydroxylation sites is 2. The van der Waals surface area contributed by atoms with E-state index in [4.69, 9.17) is 9.47 Å². The van der Waals surface area contributed by atoms with E-state index in [9.17, 15) is 14.4 Å². The Morgan fingerprint density at radius 3 is 2.58 bits per heavy atom. The zero-order valence-electron chi connectivity index (χ0n) is 21.8. The van der Waals surface area contributed by atoms with Gasteiger partial charge in [-0.15, -0.1) is 5.10 Å². The summed E-state index contributed by atoms with van der Waals surface area (Å²) in [6.07, 6.45) is 1.55. The third-order valence-electron chi connectivity index (χ3n) is 6.77. The Balaban J connectivity index is 1.55. The molecule has 0 spiro atoms. The van der Waals surface area contributed by atoms with Crippen LogP contribution in [-0.2, 0) is 25.6 Å². The first-order valence-corrected chi connectivity index (χ1v) is 12.9. The molecular weight excluding hydrogens is 517 g/mol. The summed E-state index contributed by atoms with van der Waals surface area (Å²) >= 11 is 0. The van der Waals surface area contributed by atoms with Crippen molar-refractivity contribution in [1.82, 2.24) is 20.3 Å². The summed E-state index contributed by atoms with van der Waals surface area (Å²) in [6, 6.07) is 17.7. The first kappa shape index (κ1) is 26.9. The number of halogens is 1. The molecule has 2 atom stereocenters. The number of nitrogens with one attached hydrogen (secondary N) is 1. The van der Waals surface area contributed by atoms with Crippen molar-refractivity contribution < 1.29 is 28.2 Å². The number of esters is 1. The largest absolute Gasteiger partial charge is 0.465 e. The monoisotopic (exact) mass is 545 g/mol. The Morgan fingerprint density at radius 2 is 1.85 bits per heavy atom. The van der Waals surface area contributed by atoms with Crippen molar-refractivity contribution in [2.75, 3.05) is 25.2 Å². The molecular formula is C29H28FN5O5. The van der Waals surface area contributed by atoms with Crippen molar-refractivity contribution in [2.45, 2.75) is 31.5 Å². The second-order valence-corrected chi connectivity index (χ2v) is 9.35. The van der Waals surface area contributed by atoms with Crippen LogP contribution in [0.15, 0.2) is 72.8 Å². The number of ether oxygens (including phenoxy) is 2. The van der Waals surface area contributed by atoms with E-state index in [0.29, 0.717) is 23.2 Å². The van der Waals surface area contributed by atoms with Gasteiger partial charge in [-0.2, -0.15) is 0 Å². The second kappa shape index (κ2) is 12.0. The molecule has 1 saturated heterocycles. The van der Waals surface area contributed by atoms with Crippen molar-refractivity contribution >= 4 is 34.5 Å². The number of fused-ring (bicyclic) bond motifs is 1. The maximum Gasteiger partial charge on any atom is 0.337 e. The van der Waals surface area contributed by atoms with Crippen LogP contribution >= 0.6 is 0 Å². The van der Waals surface area contributed by atoms with Crippen molar-refractivity contribution in [3.05, 3.63) is 89.7 Å². The number of rotatable bonds is 9. The van der Waals surface area contributed by atoms with Gasteiger partial charge in [0.2, 0.25) is 11.8 Å². The molecule has 0 saturated carbocycles. The lowest BCUT2D eigenvalue weighted by Gasteiger charge is -2.32. The molecule has 10 nitrogen and oxygen atoms in total. The Morgan fingerprint density at radius 1 is 1.10 bits per heavy atom. The van der Waals surface area contributed by atoms with Crippen molar-refractivity contribution in [2.24, 2.45) is 0 Å². The number of aromatic nitrogens is 3. The number of amides is 2. The highest BCUT2D eigenvalue weighted by atomic mass is 19.1. The van der Waals surface area contributed by atoms with E-state index in [1.54, 1.807) is 42.5 Å². The van der Waals surface area contributed by atoms with Crippen LogP contribution in [0.2, 0.25) is 0 Å². The molecule has 1 aliphatic heterocycles. The van der Waals surface area contributed by atoms with E-state index in [2.05, 4.69) is 15.6 Å². The molecule has 2 heterocycles. The minimum atomic E-state index is -1.27. The number of hydrogen-bond donors (Lipinski definition) is 1. The molecule has 0 radical (unpaired) electrons. The van der Waals surface area contributed by atoms with E-state index in [1.807, 2.05) is 0 Å². The maximum absolute atomic E-state index is 15.3. The van der Waals surface area contributed by atoms with Crippen LogP contribution in [0.25, 0.3) is 11.0 Å². The first-order valence-electron chi connectivity index (χ1n) is 12.9. The highest BCUT2D eigenvalue weighted by Gasteiger charge is 2.35. The average molecular weight is 546 g/mol. The van der Waals surface area contributed by atoms with E-state index in [-0.39, 0.29) is 30.4 Å². The molecule has 0 aliphatic carbocycles. The number of nitrogens with zero attached hydrogens (tertiary/aromatic N) is 4. The Bertz CT molecular complexity index is 1520. The number of benzene rings is 3. The van der Waals surface area contributed by atoms with Crippen LogP contribution < -0.4 is 10.2 Å². The predicted octanol–water partition coefficient (Wildman–Crippen LogP) is 3.43. The molecule has 11 heteroatoms. The van der Waals surface area contributed by atoms with Crippen LogP contribution in [0.1, 0.15) is 34.8 Å². The van der Waals surface area contributed by atoms with Crippen molar-refractivity contribution in [3.8, 4) is 0 Å². The van der Waals surface area contributed by atoms with Gasteiger partial charge in [-0.3, -0.25) is 14.5 Å². The van der Waals surface area contributed by atoms with Gasteiger partial charge in [-0.05, 0) is 54.8 Å². The molecule has 1 aromatic heterocycles. The molecule has 5 rings (SSSR count). The SMILES string of the molecule is COC(=O)c1ccc(C(C(=O)NCC2CCCO2)N(C(=O)Cn2nnc3ccccc32)c2ccccc2F)cc1. The lowest BCUT2D eigenvalue weighted by Crippen LogP contribution is -2.47. The van der Waals surface area contributed by atoms with Crippen LogP contribution in [0.5, 0.6) is 0 Å². The van der Waals surface area contributed by atoms with Gasteiger partial charge >= 0.3 is 5.97 Å². The summed E-state index contributed by atoms with van der Waals surface area (Å²) < 4.78 is 27.1. The minimum absolute atomic E-state index is 0.0776. The first-order chi connectivity index (χ1) is 19.5. The number of methoxy groups -OCH3 is 1. The topological polar surface area (TPSA) is 116 Å². The molecule has 2 amide bonds. The van der Waals surface area contributed by atoms with E-state index in [1.165, 1.54) is 42.1 Å². The molecule has 1 aliphatic rings. The summed E-state index contributed by atoms with van der Waals surface area (Å²) in [5, 5.41) is 11.1. The van der Waals surface area contributed by atoms with Gasteiger partial charge in [0.15, 0.2) is 0 Å². The van der Waals surface area contributed by atoms with Crippen LogP contribution in [-0.4, -0.2) is 59.1 Å². The van der Waals surface area contributed by atoms with Crippen LogP contribution in [0, 0.1) is 5.82 Å². The maximum atomic E-state index is 15.3. The lowest BCUT2D eigenvalue weighted by atomic mass is 10.0. The van der Waals surface area contributed by atoms with Gasteiger partial charge in [-0.1, -0.05) is 41.6 Å². The average Bonchev–Trinajstić information content (AvgIpc) is 3.65. The summed E-state index contributed by atoms with van der Waals surface area (Å²) in [5.41, 5.74) is 1.77. The standard InChI is InChI=1S/C29H28FN5O5/c1-39-29(38)20-14-12-19(13-15-20)27(28(37)31-17-21-7-6-16-40-21)35(24-10-4-2-8-22(24)30)26(36)18-34-25-11-5-3-9-23(25)32-33-34/h2-5,8-15,21,27H,6-7,16-18H2,1H3,(H,31,37). The quantitative estimate of drug-likeness (QED) is 0.321. The molecule has 3 aromatic carbocycles. The number of carbonyl (C=O) groups excluding carboxylic acids is 3. The number of anilines is 1. The van der Waals surface area contributed by atoms with Crippen molar-refractivity contribution in [3.63, 3.8) is 0 Å². The smallest absolute Gasteiger partial charge is 0.337 e. The molecule has 1 N–H and O–H groups in total. The van der Waals surface area contributed by atoms with Gasteiger partial charge in [0.1, 0.15) is 23.9 Å². The third-order valence-corrected chi connectivity index (χ3v) is 6.77. The Labute approximate surface area is 229 Å². The van der Waals surface area contributed by atoms with Crippen LogP contribution in [0.4, 0.5) is 10.1 Å². The van der Waals surface area contributed by atoms with Gasteiger partial charge in [0.05, 0.1) is 30.0 Å². The summed E-state index contributed by atoms with van der Waals surface area (Å²) in [4.78, 5) is 41.0. The van der Waals surface area contributed by atoms with E-state index >= 15 is 4.39 Å². The predicted molar refractivity (Wildman–Crippen MR) is 144 cm³/mol. The van der Waals surface area contributed by atoms with Gasteiger partial charge < -0.3 is 14.8 Å². The fourth-order valence-corrected chi connectivity index (χ4v) is 4.76. The molecule has 0 bridgehead atoms. The fourth-order valence-electron chi connectivity index (χ4n) is 4.76. The van der Waals surface area contributed by atoms with Crippen molar-refractivity contribution in [1.29, 1.82) is 0 Å².